The van der Waals surface area contributed by atoms with Gasteiger partial charge in [0.1, 0.15) is 11.6 Å². The largest absolute Gasteiger partial charge is 0.431 e. The molecule has 1 aromatic heterocycles. The van der Waals surface area contributed by atoms with E-state index in [1.807, 2.05) is 0 Å². The van der Waals surface area contributed by atoms with E-state index in [-0.39, 0.29) is 28.2 Å². The van der Waals surface area contributed by atoms with Crippen molar-refractivity contribution in [3.05, 3.63) is 70.4 Å². The van der Waals surface area contributed by atoms with E-state index in [1.54, 1.807) is 0 Å². The number of carbonyl (C=O) groups is 1. The summed E-state index contributed by atoms with van der Waals surface area (Å²) >= 11 is 0.963. The van der Waals surface area contributed by atoms with Gasteiger partial charge >= 0.3 is 0 Å². The molecule has 0 bridgehead atoms. The van der Waals surface area contributed by atoms with Gasteiger partial charge in [-0.25, -0.2) is 13.8 Å². The molecule has 0 spiro atoms. The number of rotatable bonds is 6. The minimum atomic E-state index is -0.784. The average molecular weight is 391 g/mol. The third kappa shape index (κ3) is 4.67. The molecule has 3 aromatic rings. The molecule has 2 aromatic carbocycles. The number of aromatic nitrogens is 1. The van der Waals surface area contributed by atoms with Crippen LogP contribution < -0.4 is 5.32 Å². The number of nitrogens with zero attached hydrogens (tertiary/aromatic N) is 2. The Balaban J connectivity index is 1.61. The first-order valence-electron chi connectivity index (χ1n) is 7.51. The lowest BCUT2D eigenvalue weighted by Crippen LogP contribution is -2.15. The second-order valence-electron chi connectivity index (χ2n) is 5.26. The number of hydrogen-bond acceptors (Lipinski definition) is 6. The van der Waals surface area contributed by atoms with Gasteiger partial charge in [-0.1, -0.05) is 11.8 Å². The summed E-state index contributed by atoms with van der Waals surface area (Å²) in [6.45, 7) is 0. The summed E-state index contributed by atoms with van der Waals surface area (Å²) in [6.07, 6.45) is 1.44. The van der Waals surface area contributed by atoms with E-state index in [0.29, 0.717) is 11.3 Å². The lowest BCUT2D eigenvalue weighted by atomic mass is 10.2. The number of halogens is 2. The molecule has 0 fully saturated rings. The number of nitro groups is 1. The highest BCUT2D eigenvalue weighted by Crippen LogP contribution is 2.26. The van der Waals surface area contributed by atoms with Crippen LogP contribution in [-0.2, 0) is 4.79 Å². The van der Waals surface area contributed by atoms with Gasteiger partial charge in [0.15, 0.2) is 5.76 Å². The van der Waals surface area contributed by atoms with E-state index in [2.05, 4.69) is 10.3 Å². The number of nitro benzene ring substituents is 1. The first kappa shape index (κ1) is 18.5. The van der Waals surface area contributed by atoms with E-state index in [4.69, 9.17) is 4.42 Å². The number of hydrogen-bond donors (Lipinski definition) is 1. The Morgan fingerprint density at radius 2 is 1.96 bits per heavy atom. The van der Waals surface area contributed by atoms with Crippen molar-refractivity contribution in [2.24, 2.45) is 0 Å². The lowest BCUT2D eigenvalue weighted by Gasteiger charge is -2.05. The van der Waals surface area contributed by atoms with Gasteiger partial charge in [-0.2, -0.15) is 0 Å². The fourth-order valence-corrected chi connectivity index (χ4v) is 2.71. The lowest BCUT2D eigenvalue weighted by molar-refractivity contribution is -0.384. The maximum Gasteiger partial charge on any atom is 0.271 e. The van der Waals surface area contributed by atoms with Gasteiger partial charge in [-0.15, -0.1) is 0 Å². The molecular formula is C17H11F2N3O4S. The fraction of sp³-hybridized carbons (Fsp3) is 0.0588. The van der Waals surface area contributed by atoms with Crippen LogP contribution in [0, 0.1) is 21.7 Å². The molecule has 1 amide bonds. The van der Waals surface area contributed by atoms with Crippen molar-refractivity contribution in [1.82, 2.24) is 4.98 Å². The van der Waals surface area contributed by atoms with E-state index in [9.17, 15) is 23.7 Å². The van der Waals surface area contributed by atoms with Gasteiger partial charge in [0.25, 0.3) is 10.9 Å². The molecule has 1 N–H and O–H groups in total. The van der Waals surface area contributed by atoms with Crippen molar-refractivity contribution in [1.29, 1.82) is 0 Å². The Kier molecular flexibility index (Phi) is 5.46. The second kappa shape index (κ2) is 7.96. The number of non-ortho nitro benzene ring substituents is 1. The third-order valence-electron chi connectivity index (χ3n) is 3.37. The van der Waals surface area contributed by atoms with Crippen LogP contribution in [0.25, 0.3) is 11.3 Å². The fourth-order valence-electron chi connectivity index (χ4n) is 2.11. The van der Waals surface area contributed by atoms with Crippen molar-refractivity contribution in [2.75, 3.05) is 11.1 Å². The second-order valence-corrected chi connectivity index (χ2v) is 6.18. The SMILES string of the molecule is O=C(CSc1ncc(-c2ccc(F)cc2)o1)Nc1cc([N+](=O)[O-])ccc1F. The van der Waals surface area contributed by atoms with Gasteiger partial charge < -0.3 is 9.73 Å². The first-order chi connectivity index (χ1) is 12.9. The van der Waals surface area contributed by atoms with Gasteiger partial charge in [0.05, 0.1) is 22.6 Å². The quantitative estimate of drug-likeness (QED) is 0.383. The molecule has 27 heavy (non-hydrogen) atoms. The monoisotopic (exact) mass is 391 g/mol. The summed E-state index contributed by atoms with van der Waals surface area (Å²) in [7, 11) is 0. The molecule has 138 valence electrons. The van der Waals surface area contributed by atoms with Crippen LogP contribution in [0.5, 0.6) is 0 Å². The van der Waals surface area contributed by atoms with Crippen molar-refractivity contribution < 1.29 is 22.9 Å². The van der Waals surface area contributed by atoms with Crippen LogP contribution in [-0.4, -0.2) is 21.6 Å². The summed E-state index contributed by atoms with van der Waals surface area (Å²) < 4.78 is 32.1. The number of benzene rings is 2. The molecule has 0 saturated carbocycles. The van der Waals surface area contributed by atoms with Crippen molar-refractivity contribution in [2.45, 2.75) is 5.22 Å². The minimum absolute atomic E-state index is 0.147. The number of nitrogens with one attached hydrogen (secondary N) is 1. The normalized spacial score (nSPS) is 10.6. The Labute approximate surface area is 155 Å². The molecule has 0 aliphatic heterocycles. The zero-order valence-electron chi connectivity index (χ0n) is 13.5. The highest BCUT2D eigenvalue weighted by atomic mass is 32.2. The van der Waals surface area contributed by atoms with Gasteiger partial charge in [-0.05, 0) is 30.3 Å². The van der Waals surface area contributed by atoms with Crippen LogP contribution in [0.2, 0.25) is 0 Å². The standard InChI is InChI=1S/C17H11F2N3O4S/c18-11-3-1-10(2-4-11)15-8-20-17(26-15)27-9-16(23)21-14-7-12(22(24)25)5-6-13(14)19/h1-8H,9H2,(H,21,23). The molecule has 3 rings (SSSR count). The highest BCUT2D eigenvalue weighted by molar-refractivity contribution is 7.99. The van der Waals surface area contributed by atoms with Crippen LogP contribution in [0.4, 0.5) is 20.2 Å². The van der Waals surface area contributed by atoms with Gasteiger partial charge in [0, 0.05) is 17.7 Å². The Hall–Kier alpha value is -3.27. The maximum absolute atomic E-state index is 13.7. The Morgan fingerprint density at radius 1 is 1.22 bits per heavy atom. The first-order valence-corrected chi connectivity index (χ1v) is 8.49. The van der Waals surface area contributed by atoms with Crippen LogP contribution in [0.1, 0.15) is 0 Å². The summed E-state index contributed by atoms with van der Waals surface area (Å²) in [5.74, 6) is -1.49. The van der Waals surface area contributed by atoms with E-state index in [1.165, 1.54) is 30.5 Å². The number of carbonyl (C=O) groups excluding carboxylic acids is 1. The van der Waals surface area contributed by atoms with Crippen molar-refractivity contribution >= 4 is 29.0 Å². The van der Waals surface area contributed by atoms with Crippen LogP contribution >= 0.6 is 11.8 Å². The van der Waals surface area contributed by atoms with E-state index in [0.717, 1.165) is 30.0 Å². The molecule has 0 unspecified atom stereocenters. The molecule has 7 nitrogen and oxygen atoms in total. The minimum Gasteiger partial charge on any atom is -0.431 e. The Bertz CT molecular complexity index is 992. The third-order valence-corrected chi connectivity index (χ3v) is 4.22. The van der Waals surface area contributed by atoms with Gasteiger partial charge in [0.2, 0.25) is 5.91 Å². The summed E-state index contributed by atoms with van der Waals surface area (Å²) in [6, 6.07) is 8.48. The van der Waals surface area contributed by atoms with Crippen LogP contribution in [0.3, 0.4) is 0 Å². The van der Waals surface area contributed by atoms with E-state index >= 15 is 0 Å². The smallest absolute Gasteiger partial charge is 0.271 e. The zero-order chi connectivity index (χ0) is 19.4. The van der Waals surface area contributed by atoms with Gasteiger partial charge in [-0.3, -0.25) is 14.9 Å². The number of amides is 1. The number of oxazole rings is 1. The summed E-state index contributed by atoms with van der Waals surface area (Å²) in [5.41, 5.74) is 0.00377. The molecule has 0 atom stereocenters. The summed E-state index contributed by atoms with van der Waals surface area (Å²) in [4.78, 5) is 26.0. The number of thioether (sulfide) groups is 1. The van der Waals surface area contributed by atoms with Crippen molar-refractivity contribution in [3.63, 3.8) is 0 Å². The summed E-state index contributed by atoms with van der Waals surface area (Å²) in [5, 5.41) is 13.2. The Morgan fingerprint density at radius 3 is 2.67 bits per heavy atom. The molecule has 0 saturated heterocycles. The van der Waals surface area contributed by atoms with Crippen molar-refractivity contribution in [3.8, 4) is 11.3 Å². The predicted molar refractivity (Wildman–Crippen MR) is 94.3 cm³/mol. The topological polar surface area (TPSA) is 98.3 Å². The molecule has 0 radical (unpaired) electrons. The number of anilines is 1. The molecule has 1 heterocycles. The molecule has 10 heteroatoms. The molecule has 0 aliphatic carbocycles. The zero-order valence-corrected chi connectivity index (χ0v) is 14.3. The highest BCUT2D eigenvalue weighted by Gasteiger charge is 2.14. The maximum atomic E-state index is 13.7. The van der Waals surface area contributed by atoms with Crippen LogP contribution in [0.15, 0.2) is 58.3 Å². The molecule has 0 aliphatic rings. The molecular weight excluding hydrogens is 380 g/mol. The van der Waals surface area contributed by atoms with E-state index < -0.39 is 16.6 Å². The average Bonchev–Trinajstić information content (AvgIpc) is 3.11. The predicted octanol–water partition coefficient (Wildman–Crippen LogP) is 4.26.